The molecule has 0 radical (unpaired) electrons. The highest BCUT2D eigenvalue weighted by molar-refractivity contribution is 7.89. The van der Waals surface area contributed by atoms with Crippen molar-refractivity contribution < 1.29 is 16.8 Å². The van der Waals surface area contributed by atoms with Gasteiger partial charge in [0.25, 0.3) is 0 Å². The fourth-order valence-electron chi connectivity index (χ4n) is 5.99. The molecule has 3 aromatic rings. The lowest BCUT2D eigenvalue weighted by atomic mass is 10.1. The molecule has 0 aliphatic carbocycles. The maximum absolute atomic E-state index is 14.0. The molecule has 0 saturated heterocycles. The van der Waals surface area contributed by atoms with Crippen molar-refractivity contribution in [2.24, 2.45) is 11.8 Å². The molecule has 0 atom stereocenters. The Morgan fingerprint density at radius 1 is 0.531 bits per heavy atom. The molecule has 0 saturated carbocycles. The van der Waals surface area contributed by atoms with Crippen LogP contribution in [-0.4, -0.2) is 58.1 Å². The Kier molecular flexibility index (Phi) is 13.5. The molecule has 270 valence electrons. The van der Waals surface area contributed by atoms with Crippen LogP contribution in [0, 0.1) is 11.8 Å². The predicted octanol–water partition coefficient (Wildman–Crippen LogP) is 6.17. The summed E-state index contributed by atoms with van der Waals surface area (Å²) in [4.78, 5) is 0. The van der Waals surface area contributed by atoms with E-state index in [9.17, 15) is 16.8 Å². The molecule has 6 bridgehead atoms. The molecule has 12 heteroatoms. The van der Waals surface area contributed by atoms with Gasteiger partial charge in [-0.15, -0.1) is 0 Å². The summed E-state index contributed by atoms with van der Waals surface area (Å²) in [7, 11) is -1.71. The minimum absolute atomic E-state index is 0.0532. The molecule has 0 amide bonds. The summed E-state index contributed by atoms with van der Waals surface area (Å²) in [6.07, 6.45) is 1.12. The van der Waals surface area contributed by atoms with Crippen molar-refractivity contribution in [3.05, 3.63) is 88.0 Å². The van der Waals surface area contributed by atoms with E-state index in [4.69, 9.17) is 0 Å². The molecule has 1 aliphatic rings. The van der Waals surface area contributed by atoms with E-state index < -0.39 is 20.0 Å². The maximum atomic E-state index is 14.0. The van der Waals surface area contributed by atoms with E-state index in [1.165, 1.54) is 0 Å². The first-order valence-corrected chi connectivity index (χ1v) is 20.5. The number of nitrogens with zero attached hydrogens (tertiary/aromatic N) is 2. The Balaban J connectivity index is 1.86. The lowest BCUT2D eigenvalue weighted by molar-refractivity contribution is 0.393. The number of benzene rings is 3. The number of fused-ring (bicyclic) bond motifs is 6. The number of sulfonamides is 2. The molecule has 3 aromatic carbocycles. The summed E-state index contributed by atoms with van der Waals surface area (Å²) in [5, 5.41) is 13.2. The molecule has 0 unspecified atom stereocenters. The van der Waals surface area contributed by atoms with Crippen LogP contribution in [0.15, 0.2) is 54.6 Å². The van der Waals surface area contributed by atoms with E-state index in [1.807, 2.05) is 79.2 Å². The van der Waals surface area contributed by atoms with E-state index >= 15 is 0 Å². The summed E-state index contributed by atoms with van der Waals surface area (Å²) < 4.78 is 59.0. The molecule has 10 nitrogen and oxygen atoms in total. The fourth-order valence-corrected chi connectivity index (χ4v) is 9.43. The first-order chi connectivity index (χ1) is 23.2. The molecule has 1 heterocycles. The van der Waals surface area contributed by atoms with Crippen LogP contribution in [0.1, 0.15) is 73.9 Å². The Morgan fingerprint density at radius 2 is 0.816 bits per heavy atom. The van der Waals surface area contributed by atoms with Crippen LogP contribution in [0.3, 0.4) is 0 Å². The Labute approximate surface area is 295 Å². The number of hydrogen-bond acceptors (Lipinski definition) is 8. The van der Waals surface area contributed by atoms with Crippen LogP contribution in [0.5, 0.6) is 0 Å². The second-order valence-electron chi connectivity index (χ2n) is 14.0. The van der Waals surface area contributed by atoms with Gasteiger partial charge < -0.3 is 21.3 Å². The van der Waals surface area contributed by atoms with Gasteiger partial charge in [0.2, 0.25) is 20.0 Å². The third-order valence-corrected chi connectivity index (χ3v) is 12.4. The first-order valence-electron chi connectivity index (χ1n) is 17.3. The van der Waals surface area contributed by atoms with Crippen molar-refractivity contribution in [2.45, 2.75) is 79.8 Å². The Bertz CT molecular complexity index is 1650. The zero-order chi connectivity index (χ0) is 35.8. The number of nitrogens with one attached hydrogen (secondary N) is 4. The van der Waals surface area contributed by atoms with E-state index in [0.29, 0.717) is 25.9 Å². The van der Waals surface area contributed by atoms with Crippen molar-refractivity contribution in [3.63, 3.8) is 0 Å². The van der Waals surface area contributed by atoms with Crippen LogP contribution in [0.25, 0.3) is 0 Å². The highest BCUT2D eigenvalue weighted by Crippen LogP contribution is 2.26. The Hall–Kier alpha value is -3.16. The molecule has 49 heavy (non-hydrogen) atoms. The molecule has 0 spiro atoms. The number of hydrogen-bond donors (Lipinski definition) is 4. The molecule has 0 aromatic heterocycles. The molecular formula is C37H56N6O4S2. The number of rotatable bonds is 11. The highest BCUT2D eigenvalue weighted by atomic mass is 32.2. The van der Waals surface area contributed by atoms with Gasteiger partial charge in [-0.1, -0.05) is 45.9 Å². The average molecular weight is 713 g/mol. The van der Waals surface area contributed by atoms with E-state index in [1.54, 1.807) is 8.61 Å². The van der Waals surface area contributed by atoms with Crippen LogP contribution in [0.4, 0.5) is 17.1 Å². The monoisotopic (exact) mass is 712 g/mol. The minimum atomic E-state index is -3.63. The fraction of sp³-hybridized carbons (Fsp3) is 0.514. The van der Waals surface area contributed by atoms with Crippen molar-refractivity contribution in [2.75, 3.05) is 48.6 Å². The van der Waals surface area contributed by atoms with Gasteiger partial charge in [0, 0.05) is 77.5 Å². The van der Waals surface area contributed by atoms with Gasteiger partial charge in [0.1, 0.15) is 0 Å². The number of anilines is 3. The van der Waals surface area contributed by atoms with Gasteiger partial charge in [-0.3, -0.25) is 0 Å². The van der Waals surface area contributed by atoms with Crippen molar-refractivity contribution in [1.29, 1.82) is 0 Å². The SMILES string of the molecule is CNc1cc2cc(c1)CN(S(=O)(=O)CCC(C)C)Cc1cc(cc(NC)c1)CN(S(=O)(=O)CCC(C)C)Cc1cc(cc(NC)c1)CNC2. The van der Waals surface area contributed by atoms with Gasteiger partial charge in [-0.25, -0.2) is 16.8 Å². The molecule has 4 N–H and O–H groups in total. The first kappa shape index (κ1) is 38.6. The zero-order valence-electron chi connectivity index (χ0n) is 30.3. The van der Waals surface area contributed by atoms with Crippen molar-refractivity contribution >= 4 is 37.1 Å². The van der Waals surface area contributed by atoms with Gasteiger partial charge in [0.15, 0.2) is 0 Å². The maximum Gasteiger partial charge on any atom is 0.214 e. The summed E-state index contributed by atoms with van der Waals surface area (Å²) in [5.74, 6) is 0.592. The second kappa shape index (κ2) is 17.2. The average Bonchev–Trinajstić information content (AvgIpc) is 3.05. The minimum Gasteiger partial charge on any atom is -0.388 e. The predicted molar refractivity (Wildman–Crippen MR) is 203 cm³/mol. The van der Waals surface area contributed by atoms with Crippen molar-refractivity contribution in [1.82, 2.24) is 13.9 Å². The summed E-state index contributed by atoms with van der Waals surface area (Å²) in [6, 6.07) is 18.2. The molecule has 4 rings (SSSR count). The van der Waals surface area contributed by atoms with Gasteiger partial charge in [-0.2, -0.15) is 8.61 Å². The van der Waals surface area contributed by atoms with E-state index in [2.05, 4.69) is 45.5 Å². The quantitative estimate of drug-likeness (QED) is 0.186. The van der Waals surface area contributed by atoms with E-state index in [0.717, 1.165) is 50.4 Å². The topological polar surface area (TPSA) is 123 Å². The standard InChI is InChI=1S/C37H56N6O4S2/c1-27(2)8-10-48(44,45)42-23-31-12-29(15-35(17-31)38-5)21-41-22-30-13-32(18-36(16-30)39-6)24-43(49(46,47)11-9-28(3)4)26-34-14-33(25-42)19-37(20-34)40-7/h12-20,27-28,38-41H,8-11,21-26H2,1-7H3. The molecule has 1 aliphatic heterocycles. The van der Waals surface area contributed by atoms with E-state index in [-0.39, 0.29) is 49.5 Å². The van der Waals surface area contributed by atoms with Crippen molar-refractivity contribution in [3.8, 4) is 0 Å². The summed E-state index contributed by atoms with van der Waals surface area (Å²) >= 11 is 0. The van der Waals surface area contributed by atoms with Crippen LogP contribution in [0.2, 0.25) is 0 Å². The summed E-state index contributed by atoms with van der Waals surface area (Å²) in [6.45, 7) is 10.0. The summed E-state index contributed by atoms with van der Waals surface area (Å²) in [5.41, 5.74) is 8.08. The van der Waals surface area contributed by atoms with Crippen LogP contribution < -0.4 is 21.3 Å². The normalized spacial score (nSPS) is 15.5. The van der Waals surface area contributed by atoms with Crippen LogP contribution >= 0.6 is 0 Å². The largest absolute Gasteiger partial charge is 0.388 e. The Morgan fingerprint density at radius 3 is 1.10 bits per heavy atom. The van der Waals surface area contributed by atoms with Crippen LogP contribution in [-0.2, 0) is 59.3 Å². The smallest absolute Gasteiger partial charge is 0.214 e. The highest BCUT2D eigenvalue weighted by Gasteiger charge is 2.26. The van der Waals surface area contributed by atoms with Gasteiger partial charge >= 0.3 is 0 Å². The second-order valence-corrected chi connectivity index (χ2v) is 18.2. The third-order valence-electron chi connectivity index (χ3n) is 8.81. The zero-order valence-corrected chi connectivity index (χ0v) is 31.9. The van der Waals surface area contributed by atoms with Gasteiger partial charge in [0.05, 0.1) is 11.5 Å². The third kappa shape index (κ3) is 11.4. The van der Waals surface area contributed by atoms with Gasteiger partial charge in [-0.05, 0) is 94.5 Å². The lowest BCUT2D eigenvalue weighted by Gasteiger charge is -2.26. The molecular weight excluding hydrogens is 657 g/mol. The lowest BCUT2D eigenvalue weighted by Crippen LogP contribution is -2.33. The molecule has 0 fully saturated rings.